The zero-order chi connectivity index (χ0) is 13.2. The van der Waals surface area contributed by atoms with Gasteiger partial charge in [-0.1, -0.05) is 17.7 Å². The van der Waals surface area contributed by atoms with Crippen molar-refractivity contribution >= 4 is 11.6 Å². The molecule has 17 heavy (non-hydrogen) atoms. The minimum atomic E-state index is -4.64. The van der Waals surface area contributed by atoms with Gasteiger partial charge in [0, 0.05) is 0 Å². The van der Waals surface area contributed by atoms with E-state index in [0.717, 1.165) is 12.1 Å². The summed E-state index contributed by atoms with van der Waals surface area (Å²) in [5.74, 6) is 0. The van der Waals surface area contributed by atoms with E-state index in [9.17, 15) is 18.3 Å². The molecule has 0 bridgehead atoms. The largest absolute Gasteiger partial charge is 0.417 e. The predicted octanol–water partition coefficient (Wildman–Crippen LogP) is 1.75. The van der Waals surface area contributed by atoms with Crippen LogP contribution in [0.15, 0.2) is 18.2 Å². The Balaban J connectivity index is 3.13. The lowest BCUT2D eigenvalue weighted by Crippen LogP contribution is -2.22. The molecule has 7 heteroatoms. The van der Waals surface area contributed by atoms with Crippen LogP contribution in [0.2, 0.25) is 5.02 Å². The summed E-state index contributed by atoms with van der Waals surface area (Å²) in [6.07, 6.45) is -7.78. The average Bonchev–Trinajstić information content (AvgIpc) is 2.26. The van der Waals surface area contributed by atoms with Crippen LogP contribution >= 0.6 is 11.6 Å². The molecule has 1 aromatic rings. The molecule has 0 fully saturated rings. The van der Waals surface area contributed by atoms with Crippen molar-refractivity contribution in [3.8, 4) is 0 Å². The Morgan fingerprint density at radius 1 is 1.24 bits per heavy atom. The highest BCUT2D eigenvalue weighted by atomic mass is 35.5. The Hall–Kier alpha value is -0.820. The van der Waals surface area contributed by atoms with E-state index in [1.165, 1.54) is 0 Å². The van der Waals surface area contributed by atoms with Gasteiger partial charge in [-0.3, -0.25) is 0 Å². The van der Waals surface area contributed by atoms with Crippen molar-refractivity contribution < 1.29 is 28.5 Å². The molecule has 0 spiro atoms. The maximum atomic E-state index is 12.5. The van der Waals surface area contributed by atoms with Gasteiger partial charge in [-0.2, -0.15) is 13.2 Å². The zero-order valence-electron chi connectivity index (χ0n) is 8.45. The molecule has 3 N–H and O–H groups in total. The Morgan fingerprint density at radius 2 is 1.82 bits per heavy atom. The van der Waals surface area contributed by atoms with Crippen LogP contribution in [0.25, 0.3) is 0 Å². The number of halogens is 4. The second-order valence-electron chi connectivity index (χ2n) is 3.43. The number of aliphatic hydroxyl groups is 3. The molecule has 3 nitrogen and oxygen atoms in total. The molecule has 1 rings (SSSR count). The number of benzene rings is 1. The van der Waals surface area contributed by atoms with E-state index < -0.39 is 35.6 Å². The normalized spacial score (nSPS) is 15.7. The van der Waals surface area contributed by atoms with Gasteiger partial charge in [-0.05, 0) is 17.7 Å². The van der Waals surface area contributed by atoms with Crippen molar-refractivity contribution in [2.45, 2.75) is 18.4 Å². The van der Waals surface area contributed by atoms with Gasteiger partial charge in [0.1, 0.15) is 12.2 Å². The fourth-order valence-corrected chi connectivity index (χ4v) is 1.49. The highest BCUT2D eigenvalue weighted by Gasteiger charge is 2.34. The van der Waals surface area contributed by atoms with Crippen LogP contribution in [0.3, 0.4) is 0 Å². The Labute approximate surface area is 100 Å². The Morgan fingerprint density at radius 3 is 2.29 bits per heavy atom. The maximum Gasteiger partial charge on any atom is 0.417 e. The first-order valence-electron chi connectivity index (χ1n) is 4.61. The van der Waals surface area contributed by atoms with Crippen LogP contribution in [0.5, 0.6) is 0 Å². The summed E-state index contributed by atoms with van der Waals surface area (Å²) in [6, 6.07) is 2.78. The Kier molecular flexibility index (Phi) is 4.37. The molecular weight excluding hydrogens is 261 g/mol. The smallest absolute Gasteiger partial charge is 0.394 e. The second kappa shape index (κ2) is 5.22. The molecule has 96 valence electrons. The monoisotopic (exact) mass is 270 g/mol. The van der Waals surface area contributed by atoms with E-state index >= 15 is 0 Å². The number of rotatable bonds is 3. The predicted molar refractivity (Wildman–Crippen MR) is 54.5 cm³/mol. The van der Waals surface area contributed by atoms with Crippen molar-refractivity contribution in [3.05, 3.63) is 34.3 Å². The summed E-state index contributed by atoms with van der Waals surface area (Å²) in [6.45, 7) is -0.759. The summed E-state index contributed by atoms with van der Waals surface area (Å²) in [5.41, 5.74) is -1.26. The molecule has 0 aliphatic rings. The van der Waals surface area contributed by atoms with Crippen LogP contribution in [0, 0.1) is 0 Å². The van der Waals surface area contributed by atoms with Crippen molar-refractivity contribution in [1.29, 1.82) is 0 Å². The summed E-state index contributed by atoms with van der Waals surface area (Å²) in [5, 5.41) is 26.7. The summed E-state index contributed by atoms with van der Waals surface area (Å²) in [4.78, 5) is 0. The molecule has 0 aliphatic heterocycles. The van der Waals surface area contributed by atoms with E-state index in [0.29, 0.717) is 6.07 Å². The van der Waals surface area contributed by atoms with E-state index in [2.05, 4.69) is 0 Å². The van der Waals surface area contributed by atoms with Gasteiger partial charge in [0.15, 0.2) is 0 Å². The standard InChI is InChI=1S/C10H10ClF3O3/c11-7-2-1-5(9(17)8(16)4-15)3-6(7)10(12,13)14/h1-3,8-9,15-17H,4H2. The highest BCUT2D eigenvalue weighted by Crippen LogP contribution is 2.36. The van der Waals surface area contributed by atoms with E-state index in [1.807, 2.05) is 0 Å². The van der Waals surface area contributed by atoms with Crippen molar-refractivity contribution in [3.63, 3.8) is 0 Å². The van der Waals surface area contributed by atoms with E-state index in [4.69, 9.17) is 21.8 Å². The van der Waals surface area contributed by atoms with Crippen LogP contribution in [-0.4, -0.2) is 28.0 Å². The molecule has 0 heterocycles. The maximum absolute atomic E-state index is 12.5. The highest BCUT2D eigenvalue weighted by molar-refractivity contribution is 6.31. The van der Waals surface area contributed by atoms with Crippen molar-refractivity contribution in [2.75, 3.05) is 6.61 Å². The molecule has 0 saturated heterocycles. The fraction of sp³-hybridized carbons (Fsp3) is 0.400. The minimum Gasteiger partial charge on any atom is -0.394 e. The van der Waals surface area contributed by atoms with Crippen molar-refractivity contribution in [1.82, 2.24) is 0 Å². The van der Waals surface area contributed by atoms with Gasteiger partial charge in [0.25, 0.3) is 0 Å². The van der Waals surface area contributed by atoms with E-state index in [-0.39, 0.29) is 5.56 Å². The quantitative estimate of drug-likeness (QED) is 0.784. The van der Waals surface area contributed by atoms with Gasteiger partial charge < -0.3 is 15.3 Å². The van der Waals surface area contributed by atoms with Crippen LogP contribution in [-0.2, 0) is 6.18 Å². The molecule has 1 aromatic carbocycles. The lowest BCUT2D eigenvalue weighted by Gasteiger charge is -2.18. The topological polar surface area (TPSA) is 60.7 Å². The molecule has 0 aliphatic carbocycles. The zero-order valence-corrected chi connectivity index (χ0v) is 9.20. The first-order chi connectivity index (χ1) is 7.77. The van der Waals surface area contributed by atoms with Crippen LogP contribution < -0.4 is 0 Å². The second-order valence-corrected chi connectivity index (χ2v) is 3.84. The summed E-state index contributed by atoms with van der Waals surface area (Å²) >= 11 is 5.39. The third kappa shape index (κ3) is 3.32. The fourth-order valence-electron chi connectivity index (χ4n) is 1.27. The SMILES string of the molecule is OCC(O)C(O)c1ccc(Cl)c(C(F)(F)F)c1. The number of hydrogen-bond acceptors (Lipinski definition) is 3. The lowest BCUT2D eigenvalue weighted by molar-refractivity contribution is -0.137. The molecule has 2 unspecified atom stereocenters. The Bertz CT molecular complexity index is 395. The first-order valence-corrected chi connectivity index (χ1v) is 4.98. The molecule has 0 saturated carbocycles. The van der Waals surface area contributed by atoms with Gasteiger partial charge in [-0.15, -0.1) is 0 Å². The third-order valence-corrected chi connectivity index (χ3v) is 2.52. The number of hydrogen-bond donors (Lipinski definition) is 3. The molecule has 0 aromatic heterocycles. The van der Waals surface area contributed by atoms with Gasteiger partial charge in [0.2, 0.25) is 0 Å². The summed E-state index contributed by atoms with van der Waals surface area (Å²) in [7, 11) is 0. The van der Waals surface area contributed by atoms with Gasteiger partial charge in [-0.25, -0.2) is 0 Å². The lowest BCUT2D eigenvalue weighted by atomic mass is 10.0. The average molecular weight is 271 g/mol. The molecule has 0 radical (unpaired) electrons. The third-order valence-electron chi connectivity index (χ3n) is 2.19. The molecular formula is C10H10ClF3O3. The van der Waals surface area contributed by atoms with Gasteiger partial charge >= 0.3 is 6.18 Å². The van der Waals surface area contributed by atoms with Crippen molar-refractivity contribution in [2.24, 2.45) is 0 Å². The first kappa shape index (κ1) is 14.2. The van der Waals surface area contributed by atoms with Crippen LogP contribution in [0.4, 0.5) is 13.2 Å². The minimum absolute atomic E-state index is 0.164. The summed E-state index contributed by atoms with van der Waals surface area (Å²) < 4.78 is 37.5. The van der Waals surface area contributed by atoms with E-state index in [1.54, 1.807) is 0 Å². The van der Waals surface area contributed by atoms with Gasteiger partial charge in [0.05, 0.1) is 17.2 Å². The number of alkyl halides is 3. The van der Waals surface area contributed by atoms with Crippen LogP contribution in [0.1, 0.15) is 17.2 Å². The number of aliphatic hydroxyl groups excluding tert-OH is 3. The molecule has 0 amide bonds. The molecule has 2 atom stereocenters.